The second-order valence-corrected chi connectivity index (χ2v) is 5.16. The molecular formula is C12H11ClN4S. The van der Waals surface area contributed by atoms with Gasteiger partial charge >= 0.3 is 0 Å². The van der Waals surface area contributed by atoms with E-state index in [0.29, 0.717) is 5.88 Å². The number of hydrogen-bond donors (Lipinski definition) is 0. The van der Waals surface area contributed by atoms with E-state index in [1.165, 1.54) is 4.88 Å². The Labute approximate surface area is 113 Å². The molecule has 0 aliphatic heterocycles. The number of thiazole rings is 1. The van der Waals surface area contributed by atoms with Gasteiger partial charge in [0.15, 0.2) is 5.65 Å². The van der Waals surface area contributed by atoms with Gasteiger partial charge in [-0.1, -0.05) is 0 Å². The van der Waals surface area contributed by atoms with Gasteiger partial charge in [0, 0.05) is 11.1 Å². The van der Waals surface area contributed by atoms with Crippen molar-refractivity contribution in [3.63, 3.8) is 0 Å². The molecule has 4 nitrogen and oxygen atoms in total. The molecule has 18 heavy (non-hydrogen) atoms. The van der Waals surface area contributed by atoms with Crippen molar-refractivity contribution in [3.05, 3.63) is 40.2 Å². The third-order valence-electron chi connectivity index (χ3n) is 2.85. The number of fused-ring (bicyclic) bond motifs is 1. The Morgan fingerprint density at radius 3 is 3.00 bits per heavy atom. The number of alkyl halides is 1. The molecule has 0 amide bonds. The predicted molar refractivity (Wildman–Crippen MR) is 73.0 cm³/mol. The van der Waals surface area contributed by atoms with Crippen molar-refractivity contribution in [1.82, 2.24) is 19.5 Å². The van der Waals surface area contributed by atoms with Crippen LogP contribution in [0.2, 0.25) is 0 Å². The minimum atomic E-state index is 0.383. The third-order valence-corrected chi connectivity index (χ3v) is 4.01. The molecule has 0 unspecified atom stereocenters. The van der Waals surface area contributed by atoms with Gasteiger partial charge in [0.2, 0.25) is 0 Å². The molecule has 3 aromatic rings. The lowest BCUT2D eigenvalue weighted by Gasteiger charge is -2.05. The summed E-state index contributed by atoms with van der Waals surface area (Å²) in [5.41, 5.74) is 4.67. The Morgan fingerprint density at radius 1 is 1.39 bits per heavy atom. The molecule has 0 radical (unpaired) electrons. The Morgan fingerprint density at radius 2 is 2.28 bits per heavy atom. The minimum absolute atomic E-state index is 0.383. The lowest BCUT2D eigenvalue weighted by Crippen LogP contribution is -2.04. The number of nitrogens with zero attached hydrogens (tertiary/aromatic N) is 4. The highest BCUT2D eigenvalue weighted by Crippen LogP contribution is 2.20. The van der Waals surface area contributed by atoms with Crippen molar-refractivity contribution in [1.29, 1.82) is 0 Å². The first kappa shape index (κ1) is 11.6. The van der Waals surface area contributed by atoms with E-state index in [1.54, 1.807) is 17.5 Å². The minimum Gasteiger partial charge on any atom is -0.306 e. The number of rotatable bonds is 3. The Hall–Kier alpha value is -1.46. The van der Waals surface area contributed by atoms with Crippen LogP contribution in [0.1, 0.15) is 16.4 Å². The summed E-state index contributed by atoms with van der Waals surface area (Å²) in [4.78, 5) is 14.4. The van der Waals surface area contributed by atoms with Gasteiger partial charge in [-0.2, -0.15) is 0 Å². The average Bonchev–Trinajstić information content (AvgIpc) is 2.95. The highest BCUT2D eigenvalue weighted by atomic mass is 35.5. The van der Waals surface area contributed by atoms with Gasteiger partial charge in [-0.05, 0) is 19.1 Å². The molecule has 0 bridgehead atoms. The second-order valence-electron chi connectivity index (χ2n) is 3.95. The van der Waals surface area contributed by atoms with E-state index in [1.807, 2.05) is 24.6 Å². The molecule has 0 N–H and O–H groups in total. The summed E-state index contributed by atoms with van der Waals surface area (Å²) in [5.74, 6) is 1.23. The lowest BCUT2D eigenvalue weighted by molar-refractivity contribution is 0.775. The molecule has 0 aliphatic carbocycles. The van der Waals surface area contributed by atoms with Gasteiger partial charge in [0.05, 0.1) is 23.6 Å². The molecule has 0 spiro atoms. The van der Waals surface area contributed by atoms with E-state index in [9.17, 15) is 0 Å². The summed E-state index contributed by atoms with van der Waals surface area (Å²) >= 11 is 7.61. The maximum Gasteiger partial charge on any atom is 0.160 e. The summed E-state index contributed by atoms with van der Waals surface area (Å²) in [6.45, 7) is 2.74. The largest absolute Gasteiger partial charge is 0.306 e. The first-order valence-corrected chi connectivity index (χ1v) is 6.96. The van der Waals surface area contributed by atoms with E-state index in [4.69, 9.17) is 11.6 Å². The van der Waals surface area contributed by atoms with Crippen LogP contribution in [-0.2, 0) is 12.4 Å². The fraction of sp³-hybridized carbons (Fsp3) is 0.250. The zero-order valence-corrected chi connectivity index (χ0v) is 11.4. The Balaban J connectivity index is 2.12. The normalized spacial score (nSPS) is 11.2. The van der Waals surface area contributed by atoms with Gasteiger partial charge < -0.3 is 4.57 Å². The molecule has 3 heterocycles. The average molecular weight is 279 g/mol. The fourth-order valence-electron chi connectivity index (χ4n) is 1.90. The van der Waals surface area contributed by atoms with Crippen LogP contribution in [0.5, 0.6) is 0 Å². The number of aromatic nitrogens is 4. The summed E-state index contributed by atoms with van der Waals surface area (Å²) < 4.78 is 2.06. The molecule has 0 fully saturated rings. The quantitative estimate of drug-likeness (QED) is 0.692. The zero-order valence-electron chi connectivity index (χ0n) is 9.80. The number of halogens is 1. The Kier molecular flexibility index (Phi) is 3.01. The number of aryl methyl sites for hydroxylation is 1. The Bertz CT molecular complexity index is 688. The summed E-state index contributed by atoms with van der Waals surface area (Å²) in [6.07, 6.45) is 1.78. The number of imidazole rings is 1. The highest BCUT2D eigenvalue weighted by Gasteiger charge is 2.12. The van der Waals surface area contributed by atoms with Crippen molar-refractivity contribution in [2.75, 3.05) is 0 Å². The summed E-state index contributed by atoms with van der Waals surface area (Å²) in [6, 6.07) is 3.84. The van der Waals surface area contributed by atoms with Crippen LogP contribution >= 0.6 is 22.9 Å². The number of pyridine rings is 1. The zero-order chi connectivity index (χ0) is 12.5. The first-order chi connectivity index (χ1) is 8.79. The van der Waals surface area contributed by atoms with E-state index in [0.717, 1.165) is 29.2 Å². The van der Waals surface area contributed by atoms with E-state index < -0.39 is 0 Å². The third kappa shape index (κ3) is 1.89. The van der Waals surface area contributed by atoms with Crippen LogP contribution in [-0.4, -0.2) is 19.5 Å². The smallest absolute Gasteiger partial charge is 0.160 e. The highest BCUT2D eigenvalue weighted by molar-refractivity contribution is 7.09. The van der Waals surface area contributed by atoms with Gasteiger partial charge in [0.1, 0.15) is 11.3 Å². The standard InChI is InChI=1S/C12H11ClN4S/c1-8-10(18-7-15-8)6-17-11(5-13)16-9-3-2-4-14-12(9)17/h2-4,7H,5-6H2,1H3. The van der Waals surface area contributed by atoms with Gasteiger partial charge in [-0.15, -0.1) is 22.9 Å². The van der Waals surface area contributed by atoms with Crippen molar-refractivity contribution in [3.8, 4) is 0 Å². The van der Waals surface area contributed by atoms with Gasteiger partial charge in [-0.3, -0.25) is 0 Å². The second kappa shape index (κ2) is 4.66. The maximum atomic E-state index is 5.96. The molecular weight excluding hydrogens is 268 g/mol. The maximum absolute atomic E-state index is 5.96. The van der Waals surface area contributed by atoms with Crippen molar-refractivity contribution in [2.24, 2.45) is 0 Å². The molecule has 0 aromatic carbocycles. The molecule has 92 valence electrons. The molecule has 3 rings (SSSR count). The van der Waals surface area contributed by atoms with Crippen LogP contribution in [0.4, 0.5) is 0 Å². The summed E-state index contributed by atoms with van der Waals surface area (Å²) in [5, 5.41) is 0. The van der Waals surface area contributed by atoms with Gasteiger partial charge in [0.25, 0.3) is 0 Å². The lowest BCUT2D eigenvalue weighted by atomic mass is 10.4. The van der Waals surface area contributed by atoms with E-state index in [2.05, 4.69) is 19.5 Å². The predicted octanol–water partition coefficient (Wildman–Crippen LogP) is 2.98. The number of hydrogen-bond acceptors (Lipinski definition) is 4. The van der Waals surface area contributed by atoms with Crippen LogP contribution in [0.3, 0.4) is 0 Å². The molecule has 3 aromatic heterocycles. The molecule has 6 heteroatoms. The molecule has 0 saturated heterocycles. The van der Waals surface area contributed by atoms with Crippen molar-refractivity contribution < 1.29 is 0 Å². The van der Waals surface area contributed by atoms with E-state index in [-0.39, 0.29) is 0 Å². The van der Waals surface area contributed by atoms with Crippen LogP contribution in [0.15, 0.2) is 23.8 Å². The van der Waals surface area contributed by atoms with Crippen LogP contribution < -0.4 is 0 Å². The fourth-order valence-corrected chi connectivity index (χ4v) is 2.86. The van der Waals surface area contributed by atoms with Crippen LogP contribution in [0, 0.1) is 6.92 Å². The molecule has 0 saturated carbocycles. The van der Waals surface area contributed by atoms with Crippen molar-refractivity contribution >= 4 is 34.1 Å². The SMILES string of the molecule is Cc1ncsc1Cn1c(CCl)nc2cccnc21. The molecule has 0 atom stereocenters. The van der Waals surface area contributed by atoms with Crippen LogP contribution in [0.25, 0.3) is 11.2 Å². The van der Waals surface area contributed by atoms with Gasteiger partial charge in [-0.25, -0.2) is 15.0 Å². The van der Waals surface area contributed by atoms with Crippen molar-refractivity contribution in [2.45, 2.75) is 19.3 Å². The topological polar surface area (TPSA) is 43.6 Å². The summed E-state index contributed by atoms with van der Waals surface area (Å²) in [7, 11) is 0. The first-order valence-electron chi connectivity index (χ1n) is 5.54. The monoisotopic (exact) mass is 278 g/mol. The molecule has 0 aliphatic rings. The van der Waals surface area contributed by atoms with E-state index >= 15 is 0 Å².